The molecule has 4 aromatic rings. The maximum atomic E-state index is 6.10. The number of nitrogens with zero attached hydrogens (tertiary/aromatic N) is 5. The van der Waals surface area contributed by atoms with Gasteiger partial charge in [-0.05, 0) is 36.4 Å². The number of rotatable bonds is 5. The molecule has 3 N–H and O–H groups in total. The minimum absolute atomic E-state index is 0.395. The molecule has 0 unspecified atom stereocenters. The first-order valence-electron chi connectivity index (χ1n) is 8.28. The Balaban J connectivity index is 2.06. The van der Waals surface area contributed by atoms with Crippen LogP contribution in [0.15, 0.2) is 74.2 Å². The molecule has 7 nitrogen and oxygen atoms in total. The van der Waals surface area contributed by atoms with Crippen molar-refractivity contribution in [1.29, 1.82) is 0 Å². The second kappa shape index (κ2) is 6.72. The van der Waals surface area contributed by atoms with Gasteiger partial charge in [0.05, 0.1) is 17.5 Å². The third kappa shape index (κ3) is 2.81. The van der Waals surface area contributed by atoms with Crippen molar-refractivity contribution in [3.05, 3.63) is 74.2 Å². The Hall–Kier alpha value is -4.00. The molecule has 4 heterocycles. The minimum atomic E-state index is 0.395. The first-order valence-corrected chi connectivity index (χ1v) is 8.28. The largest absolute Gasteiger partial charge is 0.383 e. The molecule has 0 aliphatic carbocycles. The summed E-state index contributed by atoms with van der Waals surface area (Å²) in [6.07, 6.45) is 10.4. The van der Waals surface area contributed by atoms with Crippen LogP contribution in [0.25, 0.3) is 39.5 Å². The third-order valence-electron chi connectivity index (χ3n) is 4.13. The topological polar surface area (TPSA) is 98.3 Å². The smallest absolute Gasteiger partial charge is 0.165 e. The Kier molecular flexibility index (Phi) is 4.10. The predicted molar refractivity (Wildman–Crippen MR) is 107 cm³/mol. The molecule has 0 saturated heterocycles. The zero-order chi connectivity index (χ0) is 18.8. The van der Waals surface area contributed by atoms with Crippen molar-refractivity contribution in [2.24, 2.45) is 0 Å². The van der Waals surface area contributed by atoms with Crippen LogP contribution in [0.1, 0.15) is 0 Å². The average molecular weight is 355 g/mol. The highest BCUT2D eigenvalue weighted by molar-refractivity contribution is 5.87. The molecule has 0 fully saturated rings. The van der Waals surface area contributed by atoms with Gasteiger partial charge in [-0.2, -0.15) is 5.10 Å². The molecule has 7 heteroatoms. The fourth-order valence-corrected chi connectivity index (χ4v) is 2.90. The lowest BCUT2D eigenvalue weighted by Gasteiger charge is -2.10. The number of hydrogen-bond donors (Lipinski definition) is 2. The number of nitrogen functional groups attached to an aromatic ring is 1. The fourth-order valence-electron chi connectivity index (χ4n) is 2.90. The first-order chi connectivity index (χ1) is 13.2. The van der Waals surface area contributed by atoms with Gasteiger partial charge in [-0.3, -0.25) is 9.67 Å². The number of aromatic amines is 1. The molecular weight excluding hydrogens is 338 g/mol. The van der Waals surface area contributed by atoms with Crippen molar-refractivity contribution in [1.82, 2.24) is 29.7 Å². The van der Waals surface area contributed by atoms with Gasteiger partial charge < -0.3 is 5.73 Å². The predicted octanol–water partition coefficient (Wildman–Crippen LogP) is 3.68. The van der Waals surface area contributed by atoms with E-state index < -0.39 is 0 Å². The second-order valence-electron chi connectivity index (χ2n) is 5.76. The summed E-state index contributed by atoms with van der Waals surface area (Å²) in [4.78, 5) is 13.7. The lowest BCUT2D eigenvalue weighted by molar-refractivity contribution is 1.09. The molecule has 27 heavy (non-hydrogen) atoms. The van der Waals surface area contributed by atoms with Gasteiger partial charge in [0, 0.05) is 23.7 Å². The molecule has 0 radical (unpaired) electrons. The Morgan fingerprint density at radius 1 is 1.19 bits per heavy atom. The zero-order valence-corrected chi connectivity index (χ0v) is 14.5. The summed E-state index contributed by atoms with van der Waals surface area (Å²) in [7, 11) is 0. The molecule has 0 amide bonds. The summed E-state index contributed by atoms with van der Waals surface area (Å²) < 4.78 is 1.90. The fraction of sp³-hybridized carbons (Fsp3) is 0. The van der Waals surface area contributed by atoms with Gasteiger partial charge in [0.25, 0.3) is 0 Å². The zero-order valence-electron chi connectivity index (χ0n) is 14.5. The Morgan fingerprint density at radius 2 is 2.07 bits per heavy atom. The maximum Gasteiger partial charge on any atom is 0.165 e. The molecule has 0 saturated carbocycles. The average Bonchev–Trinajstić information content (AvgIpc) is 3.34. The van der Waals surface area contributed by atoms with E-state index in [0.29, 0.717) is 17.3 Å². The van der Waals surface area contributed by atoms with Gasteiger partial charge in [0.2, 0.25) is 0 Å². The van der Waals surface area contributed by atoms with Crippen molar-refractivity contribution in [3.63, 3.8) is 0 Å². The number of nitrogens with two attached hydrogens (primary N) is 1. The molecule has 0 aliphatic rings. The molecule has 0 atom stereocenters. The van der Waals surface area contributed by atoms with Crippen molar-refractivity contribution in [3.8, 4) is 22.6 Å². The Bertz CT molecular complexity index is 1170. The highest BCUT2D eigenvalue weighted by Gasteiger charge is 2.18. The van der Waals surface area contributed by atoms with Crippen molar-refractivity contribution in [2.75, 3.05) is 5.73 Å². The molecule has 0 spiro atoms. The monoisotopic (exact) mass is 355 g/mol. The summed E-state index contributed by atoms with van der Waals surface area (Å²) in [6, 6.07) is 7.54. The highest BCUT2D eigenvalue weighted by atomic mass is 15.1. The highest BCUT2D eigenvalue weighted by Crippen LogP contribution is 2.31. The standard InChI is InChI=1S/C20H17N7/c1-3-6-14(4-2)27-19(15-7-5-10-22-18(15)21)26-17-9-8-16(25-20(17)27)13-11-23-24-12-13/h3-12H,1-2H2,(H2,21,22)(H,23,24). The first kappa shape index (κ1) is 16.5. The summed E-state index contributed by atoms with van der Waals surface area (Å²) >= 11 is 0. The van der Waals surface area contributed by atoms with E-state index in [0.717, 1.165) is 28.0 Å². The number of aromatic nitrogens is 6. The second-order valence-corrected chi connectivity index (χ2v) is 5.76. The summed E-state index contributed by atoms with van der Waals surface area (Å²) in [6.45, 7) is 7.71. The maximum absolute atomic E-state index is 6.10. The normalized spacial score (nSPS) is 11.6. The number of hydrogen-bond acceptors (Lipinski definition) is 5. The van der Waals surface area contributed by atoms with Crippen LogP contribution >= 0.6 is 0 Å². The van der Waals surface area contributed by atoms with E-state index >= 15 is 0 Å². The summed E-state index contributed by atoms with van der Waals surface area (Å²) in [5.41, 5.74) is 10.7. The number of allylic oxidation sites excluding steroid dienone is 4. The third-order valence-corrected chi connectivity index (χ3v) is 4.13. The molecular formula is C20H17N7. The van der Waals surface area contributed by atoms with Gasteiger partial charge in [-0.1, -0.05) is 19.2 Å². The van der Waals surface area contributed by atoms with Crippen LogP contribution in [0, 0.1) is 0 Å². The lowest BCUT2D eigenvalue weighted by atomic mass is 10.2. The number of fused-ring (bicyclic) bond motifs is 1. The Morgan fingerprint density at radius 3 is 2.78 bits per heavy atom. The summed E-state index contributed by atoms with van der Waals surface area (Å²) in [5.74, 6) is 1.03. The van der Waals surface area contributed by atoms with E-state index in [1.807, 2.05) is 34.9 Å². The van der Waals surface area contributed by atoms with E-state index in [4.69, 9.17) is 15.7 Å². The van der Waals surface area contributed by atoms with Crippen LogP contribution in [0.3, 0.4) is 0 Å². The van der Waals surface area contributed by atoms with Crippen LogP contribution < -0.4 is 5.73 Å². The Labute approximate surface area is 155 Å². The molecule has 132 valence electrons. The van der Waals surface area contributed by atoms with E-state index in [1.165, 1.54) is 0 Å². The van der Waals surface area contributed by atoms with Gasteiger partial charge >= 0.3 is 0 Å². The van der Waals surface area contributed by atoms with Gasteiger partial charge in [0.15, 0.2) is 11.5 Å². The molecule has 0 aromatic carbocycles. The van der Waals surface area contributed by atoms with Crippen molar-refractivity contribution >= 4 is 22.7 Å². The molecule has 0 aliphatic heterocycles. The van der Waals surface area contributed by atoms with Crippen LogP contribution in [0.4, 0.5) is 5.82 Å². The van der Waals surface area contributed by atoms with Crippen LogP contribution in [-0.4, -0.2) is 29.7 Å². The minimum Gasteiger partial charge on any atom is -0.383 e. The number of pyridine rings is 2. The molecule has 4 aromatic heterocycles. The van der Waals surface area contributed by atoms with Crippen LogP contribution in [0.5, 0.6) is 0 Å². The number of imidazole rings is 1. The summed E-state index contributed by atoms with van der Waals surface area (Å²) in [5, 5.41) is 6.80. The van der Waals surface area contributed by atoms with E-state index in [1.54, 1.807) is 30.7 Å². The van der Waals surface area contributed by atoms with E-state index in [9.17, 15) is 0 Å². The number of anilines is 1. The van der Waals surface area contributed by atoms with Crippen molar-refractivity contribution < 1.29 is 0 Å². The quantitative estimate of drug-likeness (QED) is 0.532. The van der Waals surface area contributed by atoms with Gasteiger partial charge in [-0.15, -0.1) is 0 Å². The van der Waals surface area contributed by atoms with E-state index in [2.05, 4.69) is 28.3 Å². The number of nitrogens with one attached hydrogen (secondary N) is 1. The SMILES string of the molecule is C=CC=C(C=C)n1c(-c2cccnc2N)nc2ccc(-c3cn[nH]c3)nc21. The van der Waals surface area contributed by atoms with Crippen molar-refractivity contribution in [2.45, 2.75) is 0 Å². The van der Waals surface area contributed by atoms with Gasteiger partial charge in [0.1, 0.15) is 11.3 Å². The van der Waals surface area contributed by atoms with Crippen LogP contribution in [-0.2, 0) is 0 Å². The number of H-pyrrole nitrogens is 1. The van der Waals surface area contributed by atoms with Crippen LogP contribution in [0.2, 0.25) is 0 Å². The van der Waals surface area contributed by atoms with Gasteiger partial charge in [-0.25, -0.2) is 15.0 Å². The molecule has 4 rings (SSSR count). The molecule has 0 bridgehead atoms. The lowest BCUT2D eigenvalue weighted by Crippen LogP contribution is -2.02. The van der Waals surface area contributed by atoms with E-state index in [-0.39, 0.29) is 0 Å².